The summed E-state index contributed by atoms with van der Waals surface area (Å²) in [5.41, 5.74) is -0.0785. The summed E-state index contributed by atoms with van der Waals surface area (Å²) in [6, 6.07) is 14.7. The van der Waals surface area contributed by atoms with E-state index in [0.29, 0.717) is 11.5 Å². The van der Waals surface area contributed by atoms with Gasteiger partial charge < -0.3 is 28.4 Å². The minimum Gasteiger partial charge on any atom is -0.457 e. The van der Waals surface area contributed by atoms with Crippen LogP contribution in [0.2, 0.25) is 0 Å². The molecule has 0 aliphatic heterocycles. The Morgan fingerprint density at radius 3 is 1.46 bits per heavy atom. The first-order chi connectivity index (χ1) is 19.5. The van der Waals surface area contributed by atoms with Crippen molar-refractivity contribution >= 4 is 23.9 Å². The van der Waals surface area contributed by atoms with Gasteiger partial charge in [0.1, 0.15) is 28.8 Å². The zero-order chi connectivity index (χ0) is 29.9. The van der Waals surface area contributed by atoms with Gasteiger partial charge in [-0.3, -0.25) is 0 Å². The van der Waals surface area contributed by atoms with Crippen LogP contribution < -0.4 is 18.9 Å². The number of ether oxygens (including phenoxy) is 6. The maximum Gasteiger partial charge on any atom is 0.346 e. The van der Waals surface area contributed by atoms with Crippen LogP contribution in [-0.4, -0.2) is 37.5 Å². The second-order valence-corrected chi connectivity index (χ2v) is 8.37. The highest BCUT2D eigenvalue weighted by molar-refractivity contribution is 5.95. The number of carbonyl (C=O) groups excluding carboxylic acids is 4. The first-order valence-corrected chi connectivity index (χ1v) is 11.9. The topological polar surface area (TPSA) is 124 Å². The molecule has 0 spiro atoms. The Hall–Kier alpha value is -5.45. The summed E-state index contributed by atoms with van der Waals surface area (Å²) in [5.74, 6) is -3.11. The summed E-state index contributed by atoms with van der Waals surface area (Å²) in [7, 11) is 0. The molecule has 0 N–H and O–H groups in total. The predicted octanol–water partition coefficient (Wildman–Crippen LogP) is 5.18. The normalized spacial score (nSPS) is 10.1. The molecule has 212 valence electrons. The molecule has 11 heteroatoms. The molecule has 3 aromatic carbocycles. The van der Waals surface area contributed by atoms with E-state index in [9.17, 15) is 23.6 Å². The Labute approximate surface area is 234 Å². The lowest BCUT2D eigenvalue weighted by molar-refractivity contribution is -0.146. The smallest absolute Gasteiger partial charge is 0.346 e. The van der Waals surface area contributed by atoms with Gasteiger partial charge >= 0.3 is 23.9 Å². The highest BCUT2D eigenvalue weighted by atomic mass is 19.1. The van der Waals surface area contributed by atoms with Crippen LogP contribution >= 0.6 is 0 Å². The van der Waals surface area contributed by atoms with E-state index < -0.39 is 35.3 Å². The van der Waals surface area contributed by atoms with E-state index in [4.69, 9.17) is 28.4 Å². The molecule has 0 aliphatic rings. The first-order valence-electron chi connectivity index (χ1n) is 11.9. The number of hydrogen-bond acceptors (Lipinski definition) is 10. The van der Waals surface area contributed by atoms with E-state index in [1.165, 1.54) is 68.4 Å². The Bertz CT molecular complexity index is 1460. The van der Waals surface area contributed by atoms with Crippen molar-refractivity contribution in [3.63, 3.8) is 0 Å². The van der Waals surface area contributed by atoms with Gasteiger partial charge in [0, 0.05) is 11.1 Å². The van der Waals surface area contributed by atoms with Crippen LogP contribution in [-0.2, 0) is 19.1 Å². The van der Waals surface area contributed by atoms with E-state index in [2.05, 4.69) is 13.2 Å². The zero-order valence-electron chi connectivity index (χ0n) is 22.1. The molecule has 0 unspecified atom stereocenters. The van der Waals surface area contributed by atoms with Gasteiger partial charge in [0.2, 0.25) is 13.6 Å². The van der Waals surface area contributed by atoms with Crippen LogP contribution in [0.1, 0.15) is 34.6 Å². The lowest BCUT2D eigenvalue weighted by atomic mass is 10.1. The van der Waals surface area contributed by atoms with Crippen molar-refractivity contribution in [2.75, 3.05) is 13.6 Å². The average molecular weight is 565 g/mol. The third-order valence-electron chi connectivity index (χ3n) is 5.02. The number of halogens is 1. The number of carbonyl (C=O) groups is 4. The van der Waals surface area contributed by atoms with Crippen LogP contribution in [0.5, 0.6) is 23.0 Å². The fourth-order valence-corrected chi connectivity index (χ4v) is 2.89. The minimum atomic E-state index is -0.990. The summed E-state index contributed by atoms with van der Waals surface area (Å²) in [6.45, 7) is 9.26. The van der Waals surface area contributed by atoms with Crippen molar-refractivity contribution in [2.45, 2.75) is 13.8 Å². The molecule has 3 rings (SSSR count). The summed E-state index contributed by atoms with van der Waals surface area (Å²) < 4.78 is 45.2. The maximum absolute atomic E-state index is 14.7. The fourth-order valence-electron chi connectivity index (χ4n) is 2.89. The van der Waals surface area contributed by atoms with Gasteiger partial charge in [0.05, 0.1) is 11.1 Å². The monoisotopic (exact) mass is 564 g/mol. The Balaban J connectivity index is 1.52. The van der Waals surface area contributed by atoms with E-state index in [-0.39, 0.29) is 41.8 Å². The molecule has 10 nitrogen and oxygen atoms in total. The molecule has 41 heavy (non-hydrogen) atoms. The van der Waals surface area contributed by atoms with Crippen molar-refractivity contribution in [1.82, 2.24) is 0 Å². The number of benzene rings is 3. The van der Waals surface area contributed by atoms with Crippen LogP contribution in [0.25, 0.3) is 0 Å². The van der Waals surface area contributed by atoms with E-state index in [0.717, 1.165) is 12.1 Å². The molecule has 0 radical (unpaired) electrons. The summed E-state index contributed by atoms with van der Waals surface area (Å²) >= 11 is 0. The highest BCUT2D eigenvalue weighted by Gasteiger charge is 2.18. The van der Waals surface area contributed by atoms with E-state index >= 15 is 0 Å². The lowest BCUT2D eigenvalue weighted by Gasteiger charge is -2.10. The van der Waals surface area contributed by atoms with Crippen molar-refractivity contribution in [1.29, 1.82) is 0 Å². The van der Waals surface area contributed by atoms with Crippen molar-refractivity contribution in [2.24, 2.45) is 0 Å². The second-order valence-electron chi connectivity index (χ2n) is 8.37. The number of rotatable bonds is 12. The number of hydrogen-bond donors (Lipinski definition) is 0. The molecule has 0 aliphatic carbocycles. The summed E-state index contributed by atoms with van der Waals surface area (Å²) in [4.78, 5) is 47.6. The minimum absolute atomic E-state index is 0.102. The first kappa shape index (κ1) is 30.1. The molecular weight excluding hydrogens is 539 g/mol. The van der Waals surface area contributed by atoms with Crippen LogP contribution in [0.4, 0.5) is 4.39 Å². The molecule has 0 saturated heterocycles. The molecule has 0 saturated carbocycles. The van der Waals surface area contributed by atoms with Crippen molar-refractivity contribution in [3.8, 4) is 23.0 Å². The van der Waals surface area contributed by atoms with E-state index in [1.807, 2.05) is 0 Å². The van der Waals surface area contributed by atoms with Gasteiger partial charge in [-0.1, -0.05) is 13.2 Å². The molecule has 0 fully saturated rings. The molecule has 0 heterocycles. The van der Waals surface area contributed by atoms with Crippen molar-refractivity contribution in [3.05, 3.63) is 108 Å². The van der Waals surface area contributed by atoms with E-state index in [1.54, 1.807) is 0 Å². The van der Waals surface area contributed by atoms with Gasteiger partial charge in [-0.2, -0.15) is 0 Å². The van der Waals surface area contributed by atoms with Gasteiger partial charge in [-0.25, -0.2) is 23.6 Å². The molecule has 0 aromatic heterocycles. The zero-order valence-corrected chi connectivity index (χ0v) is 22.1. The molecule has 0 amide bonds. The maximum atomic E-state index is 14.7. The van der Waals surface area contributed by atoms with Gasteiger partial charge in [-0.05, 0) is 80.6 Å². The largest absolute Gasteiger partial charge is 0.457 e. The lowest BCUT2D eigenvalue weighted by Crippen LogP contribution is -2.14. The van der Waals surface area contributed by atoms with Crippen LogP contribution in [0, 0.1) is 5.82 Å². The fraction of sp³-hybridized carbons (Fsp3) is 0.133. The standard InChI is InChI=1S/C30H25FO10/c1-18(2)27(32)38-16-36-21-6-10-23(11-7-21)40-29(34)20-5-14-25(26(31)15-20)30(35)41-24-12-8-22(9-13-24)37-17-39-28(33)19(3)4/h5-15H,1,3,16-17H2,2,4H3. The van der Waals surface area contributed by atoms with Crippen LogP contribution in [0.15, 0.2) is 91.0 Å². The molecule has 0 atom stereocenters. The summed E-state index contributed by atoms with van der Waals surface area (Å²) in [6.07, 6.45) is 0. The average Bonchev–Trinajstić information content (AvgIpc) is 2.94. The number of esters is 4. The quantitative estimate of drug-likeness (QED) is 0.126. The van der Waals surface area contributed by atoms with Crippen molar-refractivity contribution < 1.29 is 52.0 Å². The molecular formula is C30H25FO10. The molecule has 0 bridgehead atoms. The van der Waals surface area contributed by atoms with Gasteiger partial charge in [-0.15, -0.1) is 0 Å². The Morgan fingerprint density at radius 1 is 0.634 bits per heavy atom. The summed E-state index contributed by atoms with van der Waals surface area (Å²) in [5, 5.41) is 0. The third kappa shape index (κ3) is 9.06. The SMILES string of the molecule is C=C(C)C(=O)OCOc1ccc(OC(=O)c2ccc(C(=O)Oc3ccc(OCOC(=O)C(=C)C)cc3)c(F)c2)cc1. The van der Waals surface area contributed by atoms with Gasteiger partial charge in [0.25, 0.3) is 0 Å². The third-order valence-corrected chi connectivity index (χ3v) is 5.02. The Kier molecular flexibility index (Phi) is 10.3. The predicted molar refractivity (Wildman–Crippen MR) is 142 cm³/mol. The molecule has 3 aromatic rings. The van der Waals surface area contributed by atoms with Crippen LogP contribution in [0.3, 0.4) is 0 Å². The van der Waals surface area contributed by atoms with Gasteiger partial charge in [0.15, 0.2) is 0 Å². The second kappa shape index (κ2) is 14.1. The Morgan fingerprint density at radius 2 is 1.05 bits per heavy atom. The highest BCUT2D eigenvalue weighted by Crippen LogP contribution is 2.22.